The smallest absolute Gasteiger partial charge is 0.315 e. The van der Waals surface area contributed by atoms with E-state index in [1.54, 1.807) is 6.07 Å². The Morgan fingerprint density at radius 2 is 1.74 bits per heavy atom. The van der Waals surface area contributed by atoms with E-state index in [-0.39, 0.29) is 18.5 Å². The Morgan fingerprint density at radius 3 is 2.48 bits per heavy atom. The molecular weight excluding hydrogens is 394 g/mol. The highest BCUT2D eigenvalue weighted by Gasteiger charge is 2.13. The standard InChI is InChI=1S/C23H27N5O3/c1-16-21(17(2)28(27-16)20-10-5-4-6-11-20)14-25-23(30)24-13-18-8-7-9-19(12-18)26-22(29)15-31-3/h4-12H,13-15H2,1-3H3,(H,26,29)(H2,24,25,30). The maximum absolute atomic E-state index is 12.3. The van der Waals surface area contributed by atoms with Crippen molar-refractivity contribution in [2.24, 2.45) is 0 Å². The molecule has 162 valence electrons. The molecule has 0 aliphatic carbocycles. The van der Waals surface area contributed by atoms with Crippen molar-refractivity contribution >= 4 is 17.6 Å². The quantitative estimate of drug-likeness (QED) is 0.521. The van der Waals surface area contributed by atoms with Gasteiger partial charge in [-0.3, -0.25) is 4.79 Å². The van der Waals surface area contributed by atoms with E-state index < -0.39 is 0 Å². The lowest BCUT2D eigenvalue weighted by Gasteiger charge is -2.10. The summed E-state index contributed by atoms with van der Waals surface area (Å²) >= 11 is 0. The molecule has 3 N–H and O–H groups in total. The predicted octanol–water partition coefficient (Wildman–Crippen LogP) is 3.07. The van der Waals surface area contributed by atoms with Crippen LogP contribution in [0.15, 0.2) is 54.6 Å². The lowest BCUT2D eigenvalue weighted by molar-refractivity contribution is -0.119. The van der Waals surface area contributed by atoms with Gasteiger partial charge < -0.3 is 20.7 Å². The molecule has 0 unspecified atom stereocenters. The summed E-state index contributed by atoms with van der Waals surface area (Å²) in [5.74, 6) is -0.229. The number of nitrogens with zero attached hydrogens (tertiary/aromatic N) is 2. The van der Waals surface area contributed by atoms with Gasteiger partial charge in [0.05, 0.1) is 11.4 Å². The van der Waals surface area contributed by atoms with E-state index in [1.807, 2.05) is 67.1 Å². The Morgan fingerprint density at radius 1 is 1.00 bits per heavy atom. The van der Waals surface area contributed by atoms with Crippen LogP contribution in [0.3, 0.4) is 0 Å². The number of carbonyl (C=O) groups excluding carboxylic acids is 2. The number of aryl methyl sites for hydroxylation is 1. The minimum Gasteiger partial charge on any atom is -0.375 e. The number of ether oxygens (including phenoxy) is 1. The molecule has 3 aromatic rings. The van der Waals surface area contributed by atoms with Crippen LogP contribution >= 0.6 is 0 Å². The van der Waals surface area contributed by atoms with Gasteiger partial charge in [-0.2, -0.15) is 5.10 Å². The van der Waals surface area contributed by atoms with Gasteiger partial charge in [-0.05, 0) is 43.7 Å². The van der Waals surface area contributed by atoms with E-state index in [0.29, 0.717) is 18.8 Å². The van der Waals surface area contributed by atoms with Gasteiger partial charge in [0.2, 0.25) is 5.91 Å². The zero-order valence-corrected chi connectivity index (χ0v) is 17.9. The number of hydrogen-bond acceptors (Lipinski definition) is 4. The van der Waals surface area contributed by atoms with Gasteiger partial charge in [0.25, 0.3) is 0 Å². The van der Waals surface area contributed by atoms with Gasteiger partial charge in [-0.15, -0.1) is 0 Å². The number of aromatic nitrogens is 2. The van der Waals surface area contributed by atoms with Gasteiger partial charge in [-0.1, -0.05) is 30.3 Å². The summed E-state index contributed by atoms with van der Waals surface area (Å²) in [5.41, 5.74) is 5.36. The summed E-state index contributed by atoms with van der Waals surface area (Å²) in [6.45, 7) is 4.63. The topological polar surface area (TPSA) is 97.3 Å². The highest BCUT2D eigenvalue weighted by molar-refractivity contribution is 5.91. The number of amides is 3. The zero-order valence-electron chi connectivity index (χ0n) is 17.9. The second kappa shape index (κ2) is 10.4. The Hall–Kier alpha value is -3.65. The van der Waals surface area contributed by atoms with Gasteiger partial charge in [-0.25, -0.2) is 9.48 Å². The van der Waals surface area contributed by atoms with E-state index in [0.717, 1.165) is 28.2 Å². The second-order valence-corrected chi connectivity index (χ2v) is 7.11. The number of methoxy groups -OCH3 is 1. The number of hydrogen-bond donors (Lipinski definition) is 3. The van der Waals surface area contributed by atoms with Crippen molar-refractivity contribution in [3.05, 3.63) is 77.1 Å². The van der Waals surface area contributed by atoms with Crippen molar-refractivity contribution in [1.82, 2.24) is 20.4 Å². The Kier molecular flexibility index (Phi) is 7.40. The predicted molar refractivity (Wildman–Crippen MR) is 119 cm³/mol. The molecule has 31 heavy (non-hydrogen) atoms. The summed E-state index contributed by atoms with van der Waals surface area (Å²) in [7, 11) is 1.47. The van der Waals surface area contributed by atoms with Crippen molar-refractivity contribution in [2.45, 2.75) is 26.9 Å². The molecule has 0 saturated carbocycles. The van der Waals surface area contributed by atoms with Crippen molar-refractivity contribution in [2.75, 3.05) is 19.0 Å². The molecule has 3 rings (SSSR count). The van der Waals surface area contributed by atoms with Crippen LogP contribution in [0.5, 0.6) is 0 Å². The molecule has 0 radical (unpaired) electrons. The van der Waals surface area contributed by atoms with Crippen LogP contribution in [0.1, 0.15) is 22.5 Å². The number of benzene rings is 2. The number of carbonyl (C=O) groups is 2. The van der Waals surface area contributed by atoms with Gasteiger partial charge in [0.1, 0.15) is 6.61 Å². The molecule has 2 aromatic carbocycles. The van der Waals surface area contributed by atoms with Crippen LogP contribution in [0.4, 0.5) is 10.5 Å². The van der Waals surface area contributed by atoms with E-state index in [4.69, 9.17) is 4.74 Å². The van der Waals surface area contributed by atoms with Crippen LogP contribution in [0, 0.1) is 13.8 Å². The van der Waals surface area contributed by atoms with Crippen molar-refractivity contribution in [3.63, 3.8) is 0 Å². The van der Waals surface area contributed by atoms with E-state index in [1.165, 1.54) is 7.11 Å². The first kappa shape index (κ1) is 22.0. The molecule has 0 bridgehead atoms. The van der Waals surface area contributed by atoms with Crippen molar-refractivity contribution in [3.8, 4) is 5.69 Å². The minimum absolute atomic E-state index is 0.00935. The molecule has 8 heteroatoms. The summed E-state index contributed by atoms with van der Waals surface area (Å²) in [4.78, 5) is 23.9. The molecule has 0 aliphatic rings. The lowest BCUT2D eigenvalue weighted by atomic mass is 10.2. The normalized spacial score (nSPS) is 10.5. The summed E-state index contributed by atoms with van der Waals surface area (Å²) in [6, 6.07) is 16.9. The van der Waals surface area contributed by atoms with Crippen LogP contribution in [0.2, 0.25) is 0 Å². The average Bonchev–Trinajstić information content (AvgIpc) is 3.05. The maximum atomic E-state index is 12.3. The first-order valence-corrected chi connectivity index (χ1v) is 9.98. The molecule has 0 atom stereocenters. The van der Waals surface area contributed by atoms with Crippen LogP contribution in [-0.2, 0) is 22.6 Å². The summed E-state index contributed by atoms with van der Waals surface area (Å²) < 4.78 is 6.69. The SMILES string of the molecule is COCC(=O)Nc1cccc(CNC(=O)NCc2c(C)nn(-c3ccccc3)c2C)c1. The highest BCUT2D eigenvalue weighted by Crippen LogP contribution is 2.17. The summed E-state index contributed by atoms with van der Waals surface area (Å²) in [5, 5.41) is 13.1. The number of nitrogens with one attached hydrogen (secondary N) is 3. The number of anilines is 1. The molecular formula is C23H27N5O3. The van der Waals surface area contributed by atoms with E-state index in [2.05, 4.69) is 21.0 Å². The lowest BCUT2D eigenvalue weighted by Crippen LogP contribution is -2.34. The van der Waals surface area contributed by atoms with Crippen LogP contribution in [-0.4, -0.2) is 35.4 Å². The molecule has 0 spiro atoms. The molecule has 0 fully saturated rings. The fraction of sp³-hybridized carbons (Fsp3) is 0.261. The molecule has 8 nitrogen and oxygen atoms in total. The monoisotopic (exact) mass is 421 g/mol. The molecule has 0 saturated heterocycles. The van der Waals surface area contributed by atoms with Gasteiger partial charge in [0.15, 0.2) is 0 Å². The fourth-order valence-electron chi connectivity index (χ4n) is 3.25. The van der Waals surface area contributed by atoms with E-state index in [9.17, 15) is 9.59 Å². The number of para-hydroxylation sites is 1. The zero-order chi connectivity index (χ0) is 22.2. The maximum Gasteiger partial charge on any atom is 0.315 e. The van der Waals surface area contributed by atoms with Crippen LogP contribution in [0.25, 0.3) is 5.69 Å². The van der Waals surface area contributed by atoms with Gasteiger partial charge in [0, 0.05) is 37.1 Å². The molecule has 1 aromatic heterocycles. The van der Waals surface area contributed by atoms with Crippen molar-refractivity contribution in [1.29, 1.82) is 0 Å². The molecule has 0 aliphatic heterocycles. The van der Waals surface area contributed by atoms with E-state index >= 15 is 0 Å². The Bertz CT molecular complexity index is 1050. The van der Waals surface area contributed by atoms with Crippen LogP contribution < -0.4 is 16.0 Å². The Balaban J connectivity index is 1.54. The summed E-state index contributed by atoms with van der Waals surface area (Å²) in [6.07, 6.45) is 0. The minimum atomic E-state index is -0.278. The largest absolute Gasteiger partial charge is 0.375 e. The number of rotatable bonds is 8. The first-order valence-electron chi connectivity index (χ1n) is 9.98. The number of urea groups is 1. The molecule has 3 amide bonds. The third-order valence-electron chi connectivity index (χ3n) is 4.81. The fourth-order valence-corrected chi connectivity index (χ4v) is 3.25. The van der Waals surface area contributed by atoms with Crippen molar-refractivity contribution < 1.29 is 14.3 Å². The second-order valence-electron chi connectivity index (χ2n) is 7.11. The highest BCUT2D eigenvalue weighted by atomic mass is 16.5. The third kappa shape index (κ3) is 5.93. The van der Waals surface area contributed by atoms with Gasteiger partial charge >= 0.3 is 6.03 Å². The molecule has 1 heterocycles. The third-order valence-corrected chi connectivity index (χ3v) is 4.81. The average molecular weight is 422 g/mol. The first-order chi connectivity index (χ1) is 15.0. The Labute approximate surface area is 181 Å².